The molecule has 1 heterocycles. The van der Waals surface area contributed by atoms with Gasteiger partial charge in [0.1, 0.15) is 5.82 Å². The van der Waals surface area contributed by atoms with E-state index >= 15 is 0 Å². The Morgan fingerprint density at radius 3 is 2.68 bits per heavy atom. The summed E-state index contributed by atoms with van der Waals surface area (Å²) >= 11 is 0. The minimum atomic E-state index is -4.63. The number of hydrogen-bond acceptors (Lipinski definition) is 5. The van der Waals surface area contributed by atoms with Crippen molar-refractivity contribution in [3.05, 3.63) is 11.9 Å². The van der Waals surface area contributed by atoms with Crippen molar-refractivity contribution in [3.63, 3.8) is 0 Å². The van der Waals surface area contributed by atoms with Crippen LogP contribution in [0.3, 0.4) is 0 Å². The molecule has 0 aromatic carbocycles. The lowest BCUT2D eigenvalue weighted by Gasteiger charge is -2.11. The highest BCUT2D eigenvalue weighted by Crippen LogP contribution is 2.28. The zero-order valence-electron chi connectivity index (χ0n) is 10.5. The Kier molecular flexibility index (Phi) is 5.81. The van der Waals surface area contributed by atoms with Crippen LogP contribution in [-0.4, -0.2) is 34.8 Å². The highest BCUT2D eigenvalue weighted by molar-refractivity contribution is 5.38. The molecule has 0 amide bonds. The summed E-state index contributed by atoms with van der Waals surface area (Å²) in [6.45, 7) is 2.39. The Morgan fingerprint density at radius 2 is 2.11 bits per heavy atom. The summed E-state index contributed by atoms with van der Waals surface area (Å²) in [6.07, 6.45) is -3.55. The first-order valence-corrected chi connectivity index (χ1v) is 5.91. The van der Waals surface area contributed by atoms with Crippen molar-refractivity contribution in [2.75, 3.05) is 25.1 Å². The number of nitrogens with zero attached hydrogens (tertiary/aromatic N) is 2. The van der Waals surface area contributed by atoms with Crippen LogP contribution in [0.1, 0.15) is 25.6 Å². The van der Waals surface area contributed by atoms with E-state index in [-0.39, 0.29) is 24.9 Å². The van der Waals surface area contributed by atoms with Crippen LogP contribution in [0.5, 0.6) is 5.88 Å². The molecular formula is C11H16F3N3O2. The molecule has 0 aliphatic heterocycles. The maximum Gasteiger partial charge on any atom is 0.451 e. The number of rotatable bonds is 7. The fraction of sp³-hybridized carbons (Fsp3) is 0.636. The number of halogens is 3. The van der Waals surface area contributed by atoms with Crippen LogP contribution in [0.2, 0.25) is 0 Å². The molecule has 0 saturated heterocycles. The highest BCUT2D eigenvalue weighted by atomic mass is 19.4. The fourth-order valence-corrected chi connectivity index (χ4v) is 1.21. The van der Waals surface area contributed by atoms with Gasteiger partial charge in [0.25, 0.3) is 0 Å². The Labute approximate surface area is 108 Å². The third kappa shape index (κ3) is 5.29. The van der Waals surface area contributed by atoms with Crippen molar-refractivity contribution in [3.8, 4) is 5.88 Å². The maximum atomic E-state index is 12.6. The number of alkyl halides is 3. The third-order valence-electron chi connectivity index (χ3n) is 2.06. The summed E-state index contributed by atoms with van der Waals surface area (Å²) in [5.74, 6) is -1.33. The van der Waals surface area contributed by atoms with E-state index in [1.165, 1.54) is 6.07 Å². The smallest absolute Gasteiger partial charge is 0.451 e. The minimum Gasteiger partial charge on any atom is -0.477 e. The van der Waals surface area contributed by atoms with Gasteiger partial charge in [0.05, 0.1) is 6.61 Å². The number of ether oxygens (including phenoxy) is 1. The van der Waals surface area contributed by atoms with E-state index in [1.807, 2.05) is 6.92 Å². The van der Waals surface area contributed by atoms with Crippen LogP contribution in [-0.2, 0) is 6.18 Å². The van der Waals surface area contributed by atoms with Crippen LogP contribution < -0.4 is 10.1 Å². The van der Waals surface area contributed by atoms with E-state index in [9.17, 15) is 13.2 Å². The van der Waals surface area contributed by atoms with Gasteiger partial charge < -0.3 is 15.2 Å². The molecular weight excluding hydrogens is 263 g/mol. The molecule has 108 valence electrons. The standard InChI is InChI=1S/C11H16F3N3O2/c1-2-4-15-8-7-9(19-6-3-5-18)17-10(16-8)11(12,13)14/h7,18H,2-6H2,1H3,(H,15,16,17). The molecule has 0 radical (unpaired) electrons. The molecule has 2 N–H and O–H groups in total. The summed E-state index contributed by atoms with van der Waals surface area (Å²) < 4.78 is 42.9. The number of hydrogen-bond donors (Lipinski definition) is 2. The van der Waals surface area contributed by atoms with Crippen molar-refractivity contribution in [1.82, 2.24) is 9.97 Å². The van der Waals surface area contributed by atoms with Gasteiger partial charge in [0.15, 0.2) is 0 Å². The average molecular weight is 279 g/mol. The SMILES string of the molecule is CCCNc1cc(OCCCO)nc(C(F)(F)F)n1. The van der Waals surface area contributed by atoms with E-state index < -0.39 is 12.0 Å². The first-order chi connectivity index (χ1) is 8.97. The Hall–Kier alpha value is -1.57. The van der Waals surface area contributed by atoms with Crippen molar-refractivity contribution < 1.29 is 23.0 Å². The van der Waals surface area contributed by atoms with Gasteiger partial charge in [-0.3, -0.25) is 0 Å². The van der Waals surface area contributed by atoms with Crippen LogP contribution in [0.15, 0.2) is 6.07 Å². The predicted octanol–water partition coefficient (Wildman–Crippen LogP) is 2.08. The number of anilines is 1. The molecule has 1 rings (SSSR count). The summed E-state index contributed by atoms with van der Waals surface area (Å²) in [4.78, 5) is 6.70. The third-order valence-corrected chi connectivity index (χ3v) is 2.06. The number of aliphatic hydroxyl groups excluding tert-OH is 1. The molecule has 0 bridgehead atoms. The van der Waals surface area contributed by atoms with Gasteiger partial charge in [-0.05, 0) is 6.42 Å². The Bertz CT molecular complexity index is 399. The van der Waals surface area contributed by atoms with Gasteiger partial charge in [-0.1, -0.05) is 6.92 Å². The van der Waals surface area contributed by atoms with Crippen LogP contribution in [0.4, 0.5) is 19.0 Å². The first kappa shape index (κ1) is 15.5. The summed E-state index contributed by atoms with van der Waals surface area (Å²) in [7, 11) is 0. The fourth-order valence-electron chi connectivity index (χ4n) is 1.21. The molecule has 0 fully saturated rings. The lowest BCUT2D eigenvalue weighted by Crippen LogP contribution is -2.15. The zero-order valence-corrected chi connectivity index (χ0v) is 10.5. The number of aromatic nitrogens is 2. The van der Waals surface area contributed by atoms with E-state index in [4.69, 9.17) is 9.84 Å². The molecule has 5 nitrogen and oxygen atoms in total. The van der Waals surface area contributed by atoms with Crippen molar-refractivity contribution >= 4 is 5.82 Å². The Morgan fingerprint density at radius 1 is 1.37 bits per heavy atom. The molecule has 0 spiro atoms. The van der Waals surface area contributed by atoms with E-state index in [1.54, 1.807) is 0 Å². The van der Waals surface area contributed by atoms with Gasteiger partial charge in [0.2, 0.25) is 11.7 Å². The topological polar surface area (TPSA) is 67.3 Å². The minimum absolute atomic E-state index is 0.0724. The van der Waals surface area contributed by atoms with Gasteiger partial charge in [-0.2, -0.15) is 18.2 Å². The zero-order chi connectivity index (χ0) is 14.3. The largest absolute Gasteiger partial charge is 0.477 e. The highest BCUT2D eigenvalue weighted by Gasteiger charge is 2.35. The summed E-state index contributed by atoms with van der Waals surface area (Å²) in [5, 5.41) is 11.4. The predicted molar refractivity (Wildman–Crippen MR) is 63.0 cm³/mol. The van der Waals surface area contributed by atoms with Crippen LogP contribution in [0.25, 0.3) is 0 Å². The van der Waals surface area contributed by atoms with Gasteiger partial charge in [-0.25, -0.2) is 4.98 Å². The molecule has 8 heteroatoms. The van der Waals surface area contributed by atoms with Gasteiger partial charge >= 0.3 is 6.18 Å². The first-order valence-electron chi connectivity index (χ1n) is 5.91. The molecule has 0 saturated carbocycles. The van der Waals surface area contributed by atoms with Gasteiger partial charge in [0, 0.05) is 25.6 Å². The monoisotopic (exact) mass is 279 g/mol. The molecule has 0 aliphatic rings. The maximum absolute atomic E-state index is 12.6. The van der Waals surface area contributed by atoms with E-state index in [0.717, 1.165) is 6.42 Å². The van der Waals surface area contributed by atoms with Crippen molar-refractivity contribution in [2.45, 2.75) is 25.9 Å². The average Bonchev–Trinajstić information content (AvgIpc) is 2.35. The van der Waals surface area contributed by atoms with E-state index in [2.05, 4.69) is 15.3 Å². The molecule has 1 aromatic heterocycles. The lowest BCUT2D eigenvalue weighted by molar-refractivity contribution is -0.145. The van der Waals surface area contributed by atoms with Crippen LogP contribution >= 0.6 is 0 Å². The lowest BCUT2D eigenvalue weighted by atomic mass is 10.4. The quantitative estimate of drug-likeness (QED) is 0.748. The second-order valence-electron chi connectivity index (χ2n) is 3.77. The number of nitrogens with one attached hydrogen (secondary N) is 1. The summed E-state index contributed by atoms with van der Waals surface area (Å²) in [6, 6.07) is 1.31. The van der Waals surface area contributed by atoms with Crippen LogP contribution in [0, 0.1) is 0 Å². The molecule has 0 unspecified atom stereocenters. The second-order valence-corrected chi connectivity index (χ2v) is 3.77. The van der Waals surface area contributed by atoms with E-state index in [0.29, 0.717) is 13.0 Å². The van der Waals surface area contributed by atoms with Crippen molar-refractivity contribution in [1.29, 1.82) is 0 Å². The molecule has 19 heavy (non-hydrogen) atoms. The molecule has 0 atom stereocenters. The van der Waals surface area contributed by atoms with Gasteiger partial charge in [-0.15, -0.1) is 0 Å². The number of aliphatic hydroxyl groups is 1. The second kappa shape index (κ2) is 7.13. The molecule has 0 aliphatic carbocycles. The molecule has 1 aromatic rings. The van der Waals surface area contributed by atoms with Crippen molar-refractivity contribution in [2.24, 2.45) is 0 Å². The normalized spacial score (nSPS) is 11.4. The summed E-state index contributed by atoms with van der Waals surface area (Å²) in [5.41, 5.74) is 0. The Balaban J connectivity index is 2.89.